The average Bonchev–Trinajstić information content (AvgIpc) is 2.28. The molecule has 1 aromatic rings. The van der Waals surface area contributed by atoms with Crippen LogP contribution in [0.5, 0.6) is 0 Å². The molecule has 1 unspecified atom stereocenters. The van der Waals surface area contributed by atoms with Gasteiger partial charge in [-0.25, -0.2) is 4.57 Å². The van der Waals surface area contributed by atoms with Crippen LogP contribution in [0.15, 0.2) is 23.2 Å². The molecule has 3 heteroatoms. The topological polar surface area (TPSA) is 20.9 Å². The number of nitrogens with zero attached hydrogens (tertiary/aromatic N) is 1. The third kappa shape index (κ3) is 1.22. The highest BCUT2D eigenvalue weighted by molar-refractivity contribution is 7.86. The monoisotopic (exact) mass is 196 g/mol. The van der Waals surface area contributed by atoms with Gasteiger partial charge in [0.15, 0.2) is 11.9 Å². The first-order valence-corrected chi connectivity index (χ1v) is 5.57. The first-order chi connectivity index (χ1) is 6.02. The van der Waals surface area contributed by atoms with Gasteiger partial charge in [0.05, 0.1) is 22.0 Å². The van der Waals surface area contributed by atoms with E-state index in [0.29, 0.717) is 0 Å². The van der Waals surface area contributed by atoms with Crippen molar-refractivity contribution in [1.82, 2.24) is 0 Å². The molecule has 1 aliphatic heterocycles. The highest BCUT2D eigenvalue weighted by Gasteiger charge is 2.41. The van der Waals surface area contributed by atoms with Gasteiger partial charge in [-0.2, -0.15) is 0 Å². The van der Waals surface area contributed by atoms with Crippen LogP contribution >= 0.6 is 0 Å². The third-order valence-electron chi connectivity index (χ3n) is 2.56. The van der Waals surface area contributed by atoms with Crippen molar-refractivity contribution in [3.8, 4) is 0 Å². The summed E-state index contributed by atoms with van der Waals surface area (Å²) in [6, 6.07) is 3.93. The van der Waals surface area contributed by atoms with Gasteiger partial charge in [0.25, 0.3) is 0 Å². The van der Waals surface area contributed by atoms with Crippen LogP contribution in [0.4, 0.5) is 0 Å². The summed E-state index contributed by atoms with van der Waals surface area (Å²) in [6.45, 7) is 4.12. The van der Waals surface area contributed by atoms with Gasteiger partial charge in [0.1, 0.15) is 11.9 Å². The van der Waals surface area contributed by atoms with E-state index >= 15 is 0 Å². The summed E-state index contributed by atoms with van der Waals surface area (Å²) in [6.07, 6.45) is 2.92. The Hall–Kier alpha value is -0.700. The molecule has 0 spiro atoms. The van der Waals surface area contributed by atoms with E-state index < -0.39 is 10.8 Å². The van der Waals surface area contributed by atoms with Gasteiger partial charge in [0, 0.05) is 6.07 Å². The van der Waals surface area contributed by atoms with Crippen molar-refractivity contribution in [3.63, 3.8) is 0 Å². The number of rotatable bonds is 0. The van der Waals surface area contributed by atoms with Crippen LogP contribution in [0.25, 0.3) is 0 Å². The summed E-state index contributed by atoms with van der Waals surface area (Å²) in [7, 11) is 1.17. The van der Waals surface area contributed by atoms with Gasteiger partial charge >= 0.3 is 0 Å². The molecule has 1 aromatic heterocycles. The Bertz CT molecular complexity index is 385. The summed E-state index contributed by atoms with van der Waals surface area (Å²) in [5.74, 6) is 0. The molecule has 0 fully saturated rings. The maximum absolute atomic E-state index is 12.0. The number of pyridine rings is 1. The van der Waals surface area contributed by atoms with E-state index in [1.807, 2.05) is 25.4 Å². The molecule has 13 heavy (non-hydrogen) atoms. The minimum atomic E-state index is -0.839. The molecule has 2 heterocycles. The molecule has 0 saturated heterocycles. The number of fused-ring (bicyclic) bond motifs is 1. The van der Waals surface area contributed by atoms with Gasteiger partial charge in [-0.3, -0.25) is 4.21 Å². The molecule has 0 amide bonds. The minimum absolute atomic E-state index is 0.0958. The van der Waals surface area contributed by atoms with E-state index in [0.717, 1.165) is 11.3 Å². The van der Waals surface area contributed by atoms with Crippen molar-refractivity contribution in [2.75, 3.05) is 0 Å². The normalized spacial score (nSPS) is 24.4. The summed E-state index contributed by atoms with van der Waals surface area (Å²) >= 11 is 0. The van der Waals surface area contributed by atoms with Crippen LogP contribution in [-0.2, 0) is 24.3 Å². The maximum Gasteiger partial charge on any atom is 0.198 e. The van der Waals surface area contributed by atoms with E-state index in [4.69, 9.17) is 0 Å². The summed E-state index contributed by atoms with van der Waals surface area (Å²) in [5.41, 5.74) is 1.21. The molecular formula is C10H14NOS+. The predicted molar refractivity (Wildman–Crippen MR) is 51.8 cm³/mol. The number of hydrogen-bond acceptors (Lipinski definition) is 1. The molecule has 1 aliphatic rings. The molecule has 0 N–H and O–H groups in total. The van der Waals surface area contributed by atoms with Crippen molar-refractivity contribution >= 4 is 10.8 Å². The Kier molecular flexibility index (Phi) is 1.80. The largest absolute Gasteiger partial charge is 0.254 e. The van der Waals surface area contributed by atoms with E-state index in [1.54, 1.807) is 0 Å². The van der Waals surface area contributed by atoms with E-state index in [1.165, 1.54) is 5.69 Å². The second-order valence-corrected chi connectivity index (χ2v) is 6.22. The zero-order chi connectivity index (χ0) is 9.64. The highest BCUT2D eigenvalue weighted by Crippen LogP contribution is 2.33. The van der Waals surface area contributed by atoms with Gasteiger partial charge in [-0.1, -0.05) is 0 Å². The standard InChI is InChI=1S/C10H14NOS/c1-10(2)7-8-9(13(10)12)5-4-6-11(8)3/h4-6H,7H2,1-3H3/q+1. The summed E-state index contributed by atoms with van der Waals surface area (Å²) in [5, 5.41) is 0. The molecule has 1 atom stereocenters. The molecule has 2 rings (SSSR count). The van der Waals surface area contributed by atoms with Crippen molar-refractivity contribution in [2.24, 2.45) is 7.05 Å². The summed E-state index contributed by atoms with van der Waals surface area (Å²) in [4.78, 5) is 1.01. The molecule has 2 nitrogen and oxygen atoms in total. The van der Waals surface area contributed by atoms with Crippen molar-refractivity contribution in [3.05, 3.63) is 24.0 Å². The van der Waals surface area contributed by atoms with Crippen LogP contribution < -0.4 is 4.57 Å². The molecule has 0 aromatic carbocycles. The average molecular weight is 196 g/mol. The molecular weight excluding hydrogens is 182 g/mol. The lowest BCUT2D eigenvalue weighted by Gasteiger charge is -2.12. The Morgan fingerprint density at radius 3 is 2.85 bits per heavy atom. The Balaban J connectivity index is 2.63. The Labute approximate surface area is 81.1 Å². The lowest BCUT2D eigenvalue weighted by molar-refractivity contribution is -0.681. The highest BCUT2D eigenvalue weighted by atomic mass is 32.2. The lowest BCUT2D eigenvalue weighted by atomic mass is 10.1. The molecule has 0 saturated carbocycles. The SMILES string of the molecule is C[n+]1cccc2c1CC(C)(C)S2=O. The Morgan fingerprint density at radius 1 is 1.54 bits per heavy atom. The fraction of sp³-hybridized carbons (Fsp3) is 0.500. The molecule has 0 bridgehead atoms. The van der Waals surface area contributed by atoms with Crippen molar-refractivity contribution in [2.45, 2.75) is 29.9 Å². The minimum Gasteiger partial charge on any atom is -0.254 e. The van der Waals surface area contributed by atoms with Gasteiger partial charge in [0.2, 0.25) is 0 Å². The predicted octanol–water partition coefficient (Wildman–Crippen LogP) is 0.953. The van der Waals surface area contributed by atoms with Crippen LogP contribution in [-0.4, -0.2) is 8.96 Å². The van der Waals surface area contributed by atoms with E-state index in [-0.39, 0.29) is 4.75 Å². The second-order valence-electron chi connectivity index (χ2n) is 4.14. The number of aromatic nitrogens is 1. The van der Waals surface area contributed by atoms with E-state index in [2.05, 4.69) is 18.4 Å². The van der Waals surface area contributed by atoms with Crippen LogP contribution in [0.3, 0.4) is 0 Å². The second kappa shape index (κ2) is 2.64. The van der Waals surface area contributed by atoms with Crippen LogP contribution in [0, 0.1) is 0 Å². The van der Waals surface area contributed by atoms with Crippen molar-refractivity contribution in [1.29, 1.82) is 0 Å². The zero-order valence-electron chi connectivity index (χ0n) is 8.20. The fourth-order valence-corrected chi connectivity index (χ4v) is 3.26. The van der Waals surface area contributed by atoms with Crippen molar-refractivity contribution < 1.29 is 8.78 Å². The Morgan fingerprint density at radius 2 is 2.23 bits per heavy atom. The number of aryl methyl sites for hydroxylation is 1. The quantitative estimate of drug-likeness (QED) is 0.566. The number of hydrogen-bond donors (Lipinski definition) is 0. The summed E-state index contributed by atoms with van der Waals surface area (Å²) < 4.78 is 13.9. The van der Waals surface area contributed by atoms with Gasteiger partial charge in [-0.15, -0.1) is 0 Å². The lowest BCUT2D eigenvalue weighted by Crippen LogP contribution is -2.34. The molecule has 0 aliphatic carbocycles. The third-order valence-corrected chi connectivity index (χ3v) is 4.48. The van der Waals surface area contributed by atoms with Gasteiger partial charge in [-0.05, 0) is 19.9 Å². The fourth-order valence-electron chi connectivity index (χ4n) is 1.77. The zero-order valence-corrected chi connectivity index (χ0v) is 9.02. The molecule has 0 radical (unpaired) electrons. The smallest absolute Gasteiger partial charge is 0.198 e. The van der Waals surface area contributed by atoms with E-state index in [9.17, 15) is 4.21 Å². The first-order valence-electron chi connectivity index (χ1n) is 4.42. The first kappa shape index (κ1) is 8.88. The van der Waals surface area contributed by atoms with Crippen LogP contribution in [0.2, 0.25) is 0 Å². The van der Waals surface area contributed by atoms with Gasteiger partial charge < -0.3 is 0 Å². The molecule has 70 valence electrons. The van der Waals surface area contributed by atoms with Crippen LogP contribution in [0.1, 0.15) is 19.5 Å². The maximum atomic E-state index is 12.0.